The van der Waals surface area contributed by atoms with Gasteiger partial charge in [0.15, 0.2) is 10.3 Å². The second-order valence-electron chi connectivity index (χ2n) is 6.37. The minimum atomic E-state index is -0.523. The van der Waals surface area contributed by atoms with E-state index in [1.807, 2.05) is 4.90 Å². The lowest BCUT2D eigenvalue weighted by Crippen LogP contribution is -2.36. The zero-order chi connectivity index (χ0) is 21.5. The molecule has 0 radical (unpaired) electrons. The van der Waals surface area contributed by atoms with Crippen LogP contribution in [0.2, 0.25) is 0 Å². The fourth-order valence-corrected chi connectivity index (χ4v) is 4.62. The monoisotopic (exact) mass is 453 g/mol. The van der Waals surface area contributed by atoms with Crippen molar-refractivity contribution in [2.24, 2.45) is 0 Å². The van der Waals surface area contributed by atoms with Gasteiger partial charge in [0.2, 0.25) is 5.91 Å². The van der Waals surface area contributed by atoms with Gasteiger partial charge in [-0.3, -0.25) is 19.8 Å². The number of fused-ring (bicyclic) bond motifs is 1. The summed E-state index contributed by atoms with van der Waals surface area (Å²) in [6.45, 7) is 5.59. The lowest BCUT2D eigenvalue weighted by atomic mass is 10.2. The van der Waals surface area contributed by atoms with E-state index in [9.17, 15) is 14.4 Å². The Kier molecular flexibility index (Phi) is 7.71. The third kappa shape index (κ3) is 6.21. The predicted molar refractivity (Wildman–Crippen MR) is 113 cm³/mol. The Morgan fingerprint density at radius 2 is 1.93 bits per heavy atom. The largest absolute Gasteiger partial charge is 0.466 e. The molecule has 2 aromatic rings. The third-order valence-corrected chi connectivity index (χ3v) is 5.90. The summed E-state index contributed by atoms with van der Waals surface area (Å²) >= 11 is 2.66. The van der Waals surface area contributed by atoms with Gasteiger partial charge in [0.1, 0.15) is 0 Å². The van der Waals surface area contributed by atoms with Crippen molar-refractivity contribution in [3.8, 4) is 0 Å². The zero-order valence-corrected chi connectivity index (χ0v) is 18.4. The average Bonchev–Trinajstić information content (AvgIpc) is 3.27. The quantitative estimate of drug-likeness (QED) is 0.584. The fraction of sp³-hybridized carbons (Fsp3) is 0.500. The number of carbonyl (C=O) groups is 3. The molecule has 2 amide bonds. The van der Waals surface area contributed by atoms with E-state index in [0.29, 0.717) is 48.7 Å². The molecule has 162 valence electrons. The lowest BCUT2D eigenvalue weighted by Gasteiger charge is -2.24. The van der Waals surface area contributed by atoms with Crippen LogP contribution in [0.1, 0.15) is 30.1 Å². The molecule has 3 heterocycles. The van der Waals surface area contributed by atoms with Crippen LogP contribution in [0, 0.1) is 0 Å². The van der Waals surface area contributed by atoms with Crippen LogP contribution in [0.15, 0.2) is 5.38 Å². The molecule has 0 bridgehead atoms. The summed E-state index contributed by atoms with van der Waals surface area (Å²) in [5, 5.41) is 8.08. The molecule has 10 nitrogen and oxygen atoms in total. The molecule has 2 aromatic heterocycles. The number of thiazole rings is 2. The van der Waals surface area contributed by atoms with Crippen molar-refractivity contribution < 1.29 is 23.9 Å². The highest BCUT2D eigenvalue weighted by atomic mass is 32.1. The van der Waals surface area contributed by atoms with Gasteiger partial charge in [-0.2, -0.15) is 0 Å². The molecule has 0 saturated carbocycles. The van der Waals surface area contributed by atoms with E-state index in [0.717, 1.165) is 10.6 Å². The maximum Gasteiger partial charge on any atom is 0.413 e. The van der Waals surface area contributed by atoms with E-state index in [2.05, 4.69) is 20.6 Å². The van der Waals surface area contributed by atoms with Crippen LogP contribution in [-0.2, 0) is 38.4 Å². The maximum absolute atomic E-state index is 12.4. The molecule has 3 rings (SSSR count). The number of aromatic nitrogens is 2. The van der Waals surface area contributed by atoms with E-state index in [1.165, 1.54) is 22.7 Å². The first-order chi connectivity index (χ1) is 14.5. The van der Waals surface area contributed by atoms with Gasteiger partial charge in [0.05, 0.1) is 37.6 Å². The maximum atomic E-state index is 12.4. The molecule has 1 aliphatic rings. The number of hydrogen-bond acceptors (Lipinski definition) is 10. The number of nitrogens with zero attached hydrogens (tertiary/aromatic N) is 3. The van der Waals surface area contributed by atoms with Crippen LogP contribution < -0.4 is 10.6 Å². The zero-order valence-electron chi connectivity index (χ0n) is 16.7. The van der Waals surface area contributed by atoms with Crippen LogP contribution in [0.25, 0.3) is 0 Å². The Morgan fingerprint density at radius 1 is 1.13 bits per heavy atom. The number of carbonyl (C=O) groups excluding carboxylic acids is 3. The highest BCUT2D eigenvalue weighted by Gasteiger charge is 2.23. The van der Waals surface area contributed by atoms with E-state index in [1.54, 1.807) is 19.2 Å². The highest BCUT2D eigenvalue weighted by molar-refractivity contribution is 7.15. The predicted octanol–water partition coefficient (Wildman–Crippen LogP) is 2.27. The van der Waals surface area contributed by atoms with Crippen molar-refractivity contribution in [3.05, 3.63) is 21.6 Å². The molecular formula is C18H23N5O5S2. The number of anilines is 2. The molecular weight excluding hydrogens is 430 g/mol. The molecule has 12 heteroatoms. The molecule has 2 N–H and O–H groups in total. The number of amides is 2. The molecule has 1 aliphatic heterocycles. The Labute approximate surface area is 181 Å². The second kappa shape index (κ2) is 10.5. The van der Waals surface area contributed by atoms with E-state index >= 15 is 0 Å². The number of rotatable bonds is 8. The number of esters is 1. The topological polar surface area (TPSA) is 123 Å². The van der Waals surface area contributed by atoms with Gasteiger partial charge in [-0.1, -0.05) is 11.3 Å². The van der Waals surface area contributed by atoms with Crippen molar-refractivity contribution >= 4 is 50.9 Å². The van der Waals surface area contributed by atoms with Crippen LogP contribution >= 0.6 is 22.7 Å². The van der Waals surface area contributed by atoms with E-state index in [4.69, 9.17) is 9.47 Å². The average molecular weight is 454 g/mol. The molecule has 0 unspecified atom stereocenters. The van der Waals surface area contributed by atoms with Gasteiger partial charge in [0, 0.05) is 29.8 Å². The standard InChI is InChI=1S/C18H23N5O5S2/c1-3-27-15(25)7-11-10-29-16(19-11)21-14(24)9-23-6-5-12-13(8-23)30-17(20-12)22-18(26)28-4-2/h10H,3-9H2,1-2H3,(H,19,21,24)(H,20,22,26). The Balaban J connectivity index is 1.49. The number of ether oxygens (including phenoxy) is 2. The van der Waals surface area contributed by atoms with Gasteiger partial charge in [-0.25, -0.2) is 14.8 Å². The summed E-state index contributed by atoms with van der Waals surface area (Å²) in [4.78, 5) is 47.2. The molecule has 30 heavy (non-hydrogen) atoms. The number of hydrogen-bond donors (Lipinski definition) is 2. The van der Waals surface area contributed by atoms with Crippen molar-refractivity contribution in [2.75, 3.05) is 36.9 Å². The summed E-state index contributed by atoms with van der Waals surface area (Å²) in [5.41, 5.74) is 1.51. The summed E-state index contributed by atoms with van der Waals surface area (Å²) in [6, 6.07) is 0. The summed E-state index contributed by atoms with van der Waals surface area (Å²) in [5.74, 6) is -0.518. The van der Waals surface area contributed by atoms with Crippen molar-refractivity contribution in [3.63, 3.8) is 0 Å². The van der Waals surface area contributed by atoms with E-state index in [-0.39, 0.29) is 24.8 Å². The smallest absolute Gasteiger partial charge is 0.413 e. The van der Waals surface area contributed by atoms with E-state index < -0.39 is 6.09 Å². The third-order valence-electron chi connectivity index (χ3n) is 4.09. The molecule has 0 aromatic carbocycles. The van der Waals surface area contributed by atoms with Gasteiger partial charge < -0.3 is 14.8 Å². The molecule has 0 aliphatic carbocycles. The first-order valence-corrected chi connectivity index (χ1v) is 11.2. The van der Waals surface area contributed by atoms with Crippen molar-refractivity contribution in [1.29, 1.82) is 0 Å². The van der Waals surface area contributed by atoms with Gasteiger partial charge in [-0.15, -0.1) is 11.3 Å². The summed E-state index contributed by atoms with van der Waals surface area (Å²) in [6.07, 6.45) is 0.262. The van der Waals surface area contributed by atoms with Crippen LogP contribution in [-0.4, -0.2) is 59.1 Å². The minimum Gasteiger partial charge on any atom is -0.466 e. The van der Waals surface area contributed by atoms with Crippen LogP contribution in [0.5, 0.6) is 0 Å². The van der Waals surface area contributed by atoms with Gasteiger partial charge in [0.25, 0.3) is 0 Å². The minimum absolute atomic E-state index is 0.0860. The molecule has 0 fully saturated rings. The number of nitrogens with one attached hydrogen (secondary N) is 2. The van der Waals surface area contributed by atoms with Crippen LogP contribution in [0.3, 0.4) is 0 Å². The first-order valence-electron chi connectivity index (χ1n) is 9.51. The Bertz CT molecular complexity index is 913. The Morgan fingerprint density at radius 3 is 2.70 bits per heavy atom. The van der Waals surface area contributed by atoms with Crippen molar-refractivity contribution in [2.45, 2.75) is 33.2 Å². The Hall–Kier alpha value is -2.57. The molecule has 0 atom stereocenters. The summed E-state index contributed by atoms with van der Waals surface area (Å²) < 4.78 is 9.76. The SMILES string of the molecule is CCOC(=O)Cc1csc(NC(=O)CN2CCc3nc(NC(=O)OCC)sc3C2)n1. The van der Waals surface area contributed by atoms with Gasteiger partial charge in [-0.05, 0) is 13.8 Å². The molecule has 0 spiro atoms. The van der Waals surface area contributed by atoms with Gasteiger partial charge >= 0.3 is 12.1 Å². The lowest BCUT2D eigenvalue weighted by molar-refractivity contribution is -0.142. The fourth-order valence-electron chi connectivity index (χ4n) is 2.86. The first kappa shape index (κ1) is 22.1. The second-order valence-corrected chi connectivity index (χ2v) is 8.31. The highest BCUT2D eigenvalue weighted by Crippen LogP contribution is 2.28. The van der Waals surface area contributed by atoms with Crippen molar-refractivity contribution in [1.82, 2.24) is 14.9 Å². The van der Waals surface area contributed by atoms with Crippen LogP contribution in [0.4, 0.5) is 15.1 Å². The summed E-state index contributed by atoms with van der Waals surface area (Å²) in [7, 11) is 0. The normalized spacial score (nSPS) is 13.4. The molecule has 0 saturated heterocycles.